The Hall–Kier alpha value is -3.47. The van der Waals surface area contributed by atoms with Crippen molar-refractivity contribution in [3.8, 4) is 11.6 Å². The number of carbonyl (C=O) groups is 2. The number of aliphatic carboxylic acids is 1. The van der Waals surface area contributed by atoms with Gasteiger partial charge in [-0.25, -0.2) is 14.6 Å². The predicted molar refractivity (Wildman–Crippen MR) is 151 cm³/mol. The SMILES string of the molecule is COc1cccc(C2C(NCc3ccccc3OC(F)F)C(C(C)(C)C)C(C(=O)O)N2C(=O)N(C(C)C)C(C)C)n1. The van der Waals surface area contributed by atoms with Crippen LogP contribution in [0, 0.1) is 11.3 Å². The number of nitrogens with one attached hydrogen (secondary N) is 1. The van der Waals surface area contributed by atoms with Crippen LogP contribution < -0.4 is 14.8 Å². The number of halogens is 2. The smallest absolute Gasteiger partial charge is 0.387 e. The zero-order chi connectivity index (χ0) is 30.6. The summed E-state index contributed by atoms with van der Waals surface area (Å²) in [4.78, 5) is 35.1. The van der Waals surface area contributed by atoms with Gasteiger partial charge in [0.25, 0.3) is 0 Å². The number of carbonyl (C=O) groups excluding carboxylic acids is 1. The number of alkyl halides is 2. The van der Waals surface area contributed by atoms with E-state index in [1.54, 1.807) is 41.3 Å². The molecule has 226 valence electrons. The Morgan fingerprint density at radius 2 is 1.71 bits per heavy atom. The van der Waals surface area contributed by atoms with Gasteiger partial charge in [0.1, 0.15) is 11.8 Å². The molecular weight excluding hydrogens is 534 g/mol. The lowest BCUT2D eigenvalue weighted by Gasteiger charge is -2.39. The lowest BCUT2D eigenvalue weighted by atomic mass is 9.73. The molecule has 0 aliphatic carbocycles. The van der Waals surface area contributed by atoms with Crippen LogP contribution in [0.1, 0.15) is 65.8 Å². The standard InChI is InChI=1S/C30H42F2N4O5/c1-17(2)35(18(3)4)29(39)36-25(20-13-11-15-22(34-20)40-8)24(23(30(5,6)7)26(36)27(37)38)33-16-19-12-9-10-14-21(19)41-28(31)32/h9-15,17-18,23-26,28,33H,16H2,1-8H3,(H,37,38). The van der Waals surface area contributed by atoms with Gasteiger partial charge in [-0.1, -0.05) is 45.0 Å². The van der Waals surface area contributed by atoms with E-state index in [1.807, 2.05) is 48.5 Å². The second-order valence-corrected chi connectivity index (χ2v) is 11.9. The summed E-state index contributed by atoms with van der Waals surface area (Å²) in [6.45, 7) is 10.4. The highest BCUT2D eigenvalue weighted by molar-refractivity contribution is 5.85. The molecule has 0 saturated carbocycles. The third-order valence-corrected chi connectivity index (χ3v) is 7.45. The van der Waals surface area contributed by atoms with E-state index in [0.29, 0.717) is 17.1 Å². The van der Waals surface area contributed by atoms with Gasteiger partial charge in [-0.05, 0) is 45.2 Å². The molecule has 2 heterocycles. The van der Waals surface area contributed by atoms with Crippen molar-refractivity contribution in [2.75, 3.05) is 7.11 Å². The van der Waals surface area contributed by atoms with Crippen molar-refractivity contribution in [2.24, 2.45) is 11.3 Å². The number of methoxy groups -OCH3 is 1. The van der Waals surface area contributed by atoms with Crippen molar-refractivity contribution in [1.82, 2.24) is 20.1 Å². The number of ether oxygens (including phenoxy) is 2. The molecule has 1 aromatic carbocycles. The summed E-state index contributed by atoms with van der Waals surface area (Å²) >= 11 is 0. The average Bonchev–Trinajstić information content (AvgIpc) is 3.23. The Kier molecular flexibility index (Phi) is 10.2. The van der Waals surface area contributed by atoms with Crippen molar-refractivity contribution in [2.45, 2.75) is 91.8 Å². The fourth-order valence-corrected chi connectivity index (χ4v) is 5.97. The number of urea groups is 1. The number of carboxylic acids is 1. The second-order valence-electron chi connectivity index (χ2n) is 11.9. The molecule has 0 bridgehead atoms. The fourth-order valence-electron chi connectivity index (χ4n) is 5.97. The summed E-state index contributed by atoms with van der Waals surface area (Å²) in [5.41, 5.74) is 0.338. The molecule has 1 aromatic heterocycles. The van der Waals surface area contributed by atoms with Gasteiger partial charge in [0.2, 0.25) is 5.88 Å². The molecule has 2 amide bonds. The number of rotatable bonds is 10. The Bertz CT molecular complexity index is 1200. The number of hydrogen-bond acceptors (Lipinski definition) is 6. The van der Waals surface area contributed by atoms with Crippen LogP contribution in [0.5, 0.6) is 11.6 Å². The van der Waals surface area contributed by atoms with E-state index in [9.17, 15) is 23.5 Å². The molecule has 2 N–H and O–H groups in total. The number of para-hydroxylation sites is 1. The number of aromatic nitrogens is 1. The van der Waals surface area contributed by atoms with Crippen molar-refractivity contribution in [3.63, 3.8) is 0 Å². The predicted octanol–water partition coefficient (Wildman–Crippen LogP) is 5.56. The molecular formula is C30H42F2N4O5. The molecule has 2 aromatic rings. The van der Waals surface area contributed by atoms with Crippen molar-refractivity contribution < 1.29 is 33.0 Å². The van der Waals surface area contributed by atoms with E-state index >= 15 is 0 Å². The van der Waals surface area contributed by atoms with Crippen LogP contribution in [-0.4, -0.2) is 69.8 Å². The van der Waals surface area contributed by atoms with Crippen LogP contribution in [0.15, 0.2) is 42.5 Å². The number of pyridine rings is 1. The van der Waals surface area contributed by atoms with Gasteiger partial charge in [-0.15, -0.1) is 0 Å². The summed E-state index contributed by atoms with van der Waals surface area (Å²) in [7, 11) is 1.48. The first-order valence-electron chi connectivity index (χ1n) is 13.8. The molecule has 1 aliphatic heterocycles. The minimum Gasteiger partial charge on any atom is -0.481 e. The molecule has 3 rings (SSSR count). The van der Waals surface area contributed by atoms with Gasteiger partial charge in [0.05, 0.1) is 18.8 Å². The van der Waals surface area contributed by atoms with Gasteiger partial charge in [0, 0.05) is 42.2 Å². The van der Waals surface area contributed by atoms with Gasteiger partial charge in [0.15, 0.2) is 0 Å². The summed E-state index contributed by atoms with van der Waals surface area (Å²) < 4.78 is 36.4. The summed E-state index contributed by atoms with van der Waals surface area (Å²) in [5.74, 6) is -1.39. The van der Waals surface area contributed by atoms with Gasteiger partial charge >= 0.3 is 18.6 Å². The minimum absolute atomic E-state index is 0.0184. The second kappa shape index (κ2) is 13.0. The summed E-state index contributed by atoms with van der Waals surface area (Å²) in [6.07, 6.45) is 0. The Labute approximate surface area is 240 Å². The van der Waals surface area contributed by atoms with Gasteiger partial charge in [-0.2, -0.15) is 8.78 Å². The fraction of sp³-hybridized carbons (Fsp3) is 0.567. The van der Waals surface area contributed by atoms with Gasteiger partial charge in [-0.3, -0.25) is 0 Å². The van der Waals surface area contributed by atoms with Crippen LogP contribution in [0.25, 0.3) is 0 Å². The van der Waals surface area contributed by atoms with Crippen molar-refractivity contribution in [3.05, 3.63) is 53.7 Å². The molecule has 4 unspecified atom stereocenters. The number of carboxylic acid groups (broad SMARTS) is 1. The van der Waals surface area contributed by atoms with E-state index in [4.69, 9.17) is 9.47 Å². The normalized spacial score (nSPS) is 21.0. The van der Waals surface area contributed by atoms with Crippen LogP contribution in [0.2, 0.25) is 0 Å². The third-order valence-electron chi connectivity index (χ3n) is 7.45. The minimum atomic E-state index is -3.00. The van der Waals surface area contributed by atoms with E-state index in [0.717, 1.165) is 0 Å². The Balaban J connectivity index is 2.22. The number of benzene rings is 1. The van der Waals surface area contributed by atoms with Crippen molar-refractivity contribution in [1.29, 1.82) is 0 Å². The van der Waals surface area contributed by atoms with Crippen LogP contribution >= 0.6 is 0 Å². The number of hydrogen-bond donors (Lipinski definition) is 2. The van der Waals surface area contributed by atoms with Crippen LogP contribution in [0.4, 0.5) is 13.6 Å². The van der Waals surface area contributed by atoms with E-state index in [-0.39, 0.29) is 24.4 Å². The lowest BCUT2D eigenvalue weighted by molar-refractivity contribution is -0.144. The Morgan fingerprint density at radius 1 is 1.07 bits per heavy atom. The highest BCUT2D eigenvalue weighted by Gasteiger charge is 2.59. The molecule has 1 aliphatic rings. The van der Waals surface area contributed by atoms with E-state index in [2.05, 4.69) is 10.3 Å². The molecule has 1 fully saturated rings. The van der Waals surface area contributed by atoms with E-state index in [1.165, 1.54) is 18.1 Å². The monoisotopic (exact) mass is 576 g/mol. The molecule has 0 radical (unpaired) electrons. The maximum Gasteiger partial charge on any atom is 0.387 e. The topological polar surface area (TPSA) is 104 Å². The first-order valence-corrected chi connectivity index (χ1v) is 13.8. The largest absolute Gasteiger partial charge is 0.481 e. The van der Waals surface area contributed by atoms with Crippen LogP contribution in [-0.2, 0) is 11.3 Å². The molecule has 41 heavy (non-hydrogen) atoms. The zero-order valence-corrected chi connectivity index (χ0v) is 25.0. The first-order chi connectivity index (χ1) is 19.2. The number of nitrogens with zero attached hydrogens (tertiary/aromatic N) is 3. The first kappa shape index (κ1) is 32.0. The van der Waals surface area contributed by atoms with Crippen LogP contribution in [0.3, 0.4) is 0 Å². The van der Waals surface area contributed by atoms with Gasteiger partial charge < -0.3 is 29.7 Å². The van der Waals surface area contributed by atoms with Crippen molar-refractivity contribution >= 4 is 12.0 Å². The molecule has 9 nitrogen and oxygen atoms in total. The lowest BCUT2D eigenvalue weighted by Crippen LogP contribution is -2.55. The molecule has 4 atom stereocenters. The highest BCUT2D eigenvalue weighted by atomic mass is 19.3. The summed E-state index contributed by atoms with van der Waals surface area (Å²) in [6, 6.07) is 8.15. The number of likely N-dealkylation sites (tertiary alicyclic amines) is 1. The highest BCUT2D eigenvalue weighted by Crippen LogP contribution is 2.48. The maximum absolute atomic E-state index is 14.3. The summed E-state index contributed by atoms with van der Waals surface area (Å²) in [5, 5.41) is 14.1. The quantitative estimate of drug-likeness (QED) is 0.382. The molecule has 1 saturated heterocycles. The third kappa shape index (κ3) is 7.06. The Morgan fingerprint density at radius 3 is 2.24 bits per heavy atom. The maximum atomic E-state index is 14.3. The molecule has 11 heteroatoms. The zero-order valence-electron chi connectivity index (χ0n) is 25.0. The number of amides is 2. The molecule has 0 spiro atoms. The average molecular weight is 577 g/mol. The van der Waals surface area contributed by atoms with E-state index < -0.39 is 48.1 Å².